The third-order valence-electron chi connectivity index (χ3n) is 3.47. The highest BCUT2D eigenvalue weighted by Crippen LogP contribution is 2.17. The zero-order chi connectivity index (χ0) is 15.3. The van der Waals surface area contributed by atoms with Gasteiger partial charge in [0.05, 0.1) is 0 Å². The number of aliphatic carboxylic acids is 1. The van der Waals surface area contributed by atoms with Crippen molar-refractivity contribution >= 4 is 17.7 Å². The molecule has 0 aliphatic carbocycles. The van der Waals surface area contributed by atoms with Gasteiger partial charge in [-0.15, -0.1) is 0 Å². The monoisotopic (exact) mass is 278 g/mol. The number of carbonyl (C=O) groups is 2. The van der Waals surface area contributed by atoms with Gasteiger partial charge in [0.1, 0.15) is 6.54 Å². The highest BCUT2D eigenvalue weighted by Gasteiger charge is 2.26. The number of urea groups is 1. The predicted octanol–water partition coefficient (Wildman–Crippen LogP) is 2.67. The largest absolute Gasteiger partial charge is 0.480 e. The van der Waals surface area contributed by atoms with E-state index in [-0.39, 0.29) is 18.6 Å². The minimum Gasteiger partial charge on any atom is -0.480 e. The van der Waals surface area contributed by atoms with Crippen molar-refractivity contribution < 1.29 is 14.7 Å². The fourth-order valence-corrected chi connectivity index (χ4v) is 1.82. The number of carboxylic acid groups (broad SMARTS) is 1. The Hall–Kier alpha value is -2.04. The van der Waals surface area contributed by atoms with E-state index < -0.39 is 5.97 Å². The van der Waals surface area contributed by atoms with Gasteiger partial charge in [-0.05, 0) is 25.0 Å². The Morgan fingerprint density at radius 1 is 1.15 bits per heavy atom. The lowest BCUT2D eigenvalue weighted by Crippen LogP contribution is -2.48. The van der Waals surface area contributed by atoms with E-state index >= 15 is 0 Å². The van der Waals surface area contributed by atoms with Crippen molar-refractivity contribution in [3.63, 3.8) is 0 Å². The Morgan fingerprint density at radius 2 is 1.70 bits per heavy atom. The lowest BCUT2D eigenvalue weighted by molar-refractivity contribution is -0.135. The smallest absolute Gasteiger partial charge is 0.325 e. The van der Waals surface area contributed by atoms with E-state index in [1.54, 1.807) is 36.2 Å². The fourth-order valence-electron chi connectivity index (χ4n) is 1.82. The van der Waals surface area contributed by atoms with Gasteiger partial charge in [-0.2, -0.15) is 0 Å². The minimum absolute atomic E-state index is 0.0301. The van der Waals surface area contributed by atoms with Gasteiger partial charge in [0.15, 0.2) is 0 Å². The molecule has 0 heterocycles. The lowest BCUT2D eigenvalue weighted by atomic mass is 10.1. The van der Waals surface area contributed by atoms with Crippen LogP contribution in [0.5, 0.6) is 0 Å². The lowest BCUT2D eigenvalue weighted by Gasteiger charge is -2.33. The fraction of sp³-hybridized carbons (Fsp3) is 0.467. The second-order valence-corrected chi connectivity index (χ2v) is 5.19. The maximum absolute atomic E-state index is 12.5. The topological polar surface area (TPSA) is 60.9 Å². The van der Waals surface area contributed by atoms with Gasteiger partial charge < -0.3 is 10.0 Å². The highest BCUT2D eigenvalue weighted by atomic mass is 16.4. The Labute approximate surface area is 119 Å². The molecular weight excluding hydrogens is 256 g/mol. The van der Waals surface area contributed by atoms with Crippen LogP contribution in [0.2, 0.25) is 0 Å². The number of amides is 2. The zero-order valence-corrected chi connectivity index (χ0v) is 12.4. The molecule has 1 rings (SSSR count). The number of hydrogen-bond donors (Lipinski definition) is 1. The number of rotatable bonds is 5. The molecule has 20 heavy (non-hydrogen) atoms. The Bertz CT molecular complexity index is 459. The van der Waals surface area contributed by atoms with E-state index in [1.807, 2.05) is 26.8 Å². The number of nitrogens with zero attached hydrogens (tertiary/aromatic N) is 2. The molecule has 1 atom stereocenters. The molecule has 5 nitrogen and oxygen atoms in total. The van der Waals surface area contributed by atoms with Gasteiger partial charge >= 0.3 is 12.0 Å². The molecule has 0 aliphatic heterocycles. The summed E-state index contributed by atoms with van der Waals surface area (Å²) >= 11 is 0. The SMILES string of the molecule is CC(C)C(C)N(C)C(=O)N(CC(=O)O)c1ccccc1. The summed E-state index contributed by atoms with van der Waals surface area (Å²) in [6, 6.07) is 8.58. The summed E-state index contributed by atoms with van der Waals surface area (Å²) < 4.78 is 0. The Balaban J connectivity index is 3.00. The molecule has 5 heteroatoms. The van der Waals surface area contributed by atoms with Crippen LogP contribution >= 0.6 is 0 Å². The molecule has 2 amide bonds. The minimum atomic E-state index is -1.03. The quantitative estimate of drug-likeness (QED) is 0.900. The summed E-state index contributed by atoms with van der Waals surface area (Å²) in [5.74, 6) is -0.737. The van der Waals surface area contributed by atoms with Crippen molar-refractivity contribution in [1.29, 1.82) is 0 Å². The second kappa shape index (κ2) is 6.93. The van der Waals surface area contributed by atoms with Crippen molar-refractivity contribution in [3.05, 3.63) is 30.3 Å². The van der Waals surface area contributed by atoms with E-state index in [0.29, 0.717) is 11.6 Å². The predicted molar refractivity (Wildman–Crippen MR) is 78.9 cm³/mol. The molecule has 0 saturated carbocycles. The van der Waals surface area contributed by atoms with Gasteiger partial charge in [0.25, 0.3) is 0 Å². The van der Waals surface area contributed by atoms with Crippen LogP contribution in [-0.2, 0) is 4.79 Å². The van der Waals surface area contributed by atoms with Crippen LogP contribution < -0.4 is 4.90 Å². The van der Waals surface area contributed by atoms with E-state index in [9.17, 15) is 9.59 Å². The molecule has 1 unspecified atom stereocenters. The van der Waals surface area contributed by atoms with Crippen molar-refractivity contribution in [1.82, 2.24) is 4.90 Å². The Morgan fingerprint density at radius 3 is 2.15 bits per heavy atom. The molecule has 0 fully saturated rings. The normalized spacial score (nSPS) is 12.1. The van der Waals surface area contributed by atoms with Gasteiger partial charge in [0.2, 0.25) is 0 Å². The van der Waals surface area contributed by atoms with Crippen molar-refractivity contribution in [2.45, 2.75) is 26.8 Å². The molecule has 1 aromatic rings. The summed E-state index contributed by atoms with van der Waals surface area (Å²) in [5.41, 5.74) is 0.586. The van der Waals surface area contributed by atoms with E-state index in [2.05, 4.69) is 0 Å². The third kappa shape index (κ3) is 3.98. The number of para-hydroxylation sites is 1. The van der Waals surface area contributed by atoms with Crippen LogP contribution in [0.4, 0.5) is 10.5 Å². The number of carbonyl (C=O) groups excluding carboxylic acids is 1. The summed E-state index contributed by atoms with van der Waals surface area (Å²) in [6.07, 6.45) is 0. The standard InChI is InChI=1S/C15H22N2O3/c1-11(2)12(3)16(4)15(20)17(10-14(18)19)13-8-6-5-7-9-13/h5-9,11-12H,10H2,1-4H3,(H,18,19). The van der Waals surface area contributed by atoms with E-state index in [0.717, 1.165) is 0 Å². The maximum Gasteiger partial charge on any atom is 0.325 e. The number of anilines is 1. The van der Waals surface area contributed by atoms with Gasteiger partial charge in [-0.1, -0.05) is 32.0 Å². The molecule has 1 aromatic carbocycles. The first-order valence-electron chi connectivity index (χ1n) is 6.65. The molecule has 1 N–H and O–H groups in total. The van der Waals surface area contributed by atoms with Crippen LogP contribution in [0.15, 0.2) is 30.3 Å². The summed E-state index contributed by atoms with van der Waals surface area (Å²) in [4.78, 5) is 26.4. The number of carboxylic acids is 1. The van der Waals surface area contributed by atoms with Crippen LogP contribution in [0.3, 0.4) is 0 Å². The number of benzene rings is 1. The molecular formula is C15H22N2O3. The van der Waals surface area contributed by atoms with Crippen LogP contribution in [0.25, 0.3) is 0 Å². The molecule has 0 radical (unpaired) electrons. The average molecular weight is 278 g/mol. The van der Waals surface area contributed by atoms with E-state index in [1.165, 1.54) is 4.90 Å². The average Bonchev–Trinajstić information content (AvgIpc) is 2.43. The maximum atomic E-state index is 12.5. The van der Waals surface area contributed by atoms with Crippen molar-refractivity contribution in [3.8, 4) is 0 Å². The molecule has 0 saturated heterocycles. The molecule has 0 spiro atoms. The van der Waals surface area contributed by atoms with Crippen LogP contribution in [0, 0.1) is 5.92 Å². The van der Waals surface area contributed by atoms with Gasteiger partial charge in [-0.3, -0.25) is 9.69 Å². The molecule has 0 aliphatic rings. The molecule has 0 aromatic heterocycles. The van der Waals surface area contributed by atoms with E-state index in [4.69, 9.17) is 5.11 Å². The first-order valence-corrected chi connectivity index (χ1v) is 6.65. The highest BCUT2D eigenvalue weighted by molar-refractivity contribution is 5.96. The third-order valence-corrected chi connectivity index (χ3v) is 3.47. The molecule has 0 bridgehead atoms. The first kappa shape index (κ1) is 16.0. The van der Waals surface area contributed by atoms with Gasteiger partial charge in [-0.25, -0.2) is 4.79 Å². The van der Waals surface area contributed by atoms with Gasteiger partial charge in [0, 0.05) is 18.8 Å². The summed E-state index contributed by atoms with van der Waals surface area (Å²) in [6.45, 7) is 5.65. The first-order chi connectivity index (χ1) is 9.34. The van der Waals surface area contributed by atoms with Crippen LogP contribution in [-0.4, -0.2) is 41.6 Å². The Kier molecular flexibility index (Phi) is 5.55. The number of hydrogen-bond acceptors (Lipinski definition) is 2. The van der Waals surface area contributed by atoms with Crippen LogP contribution in [0.1, 0.15) is 20.8 Å². The molecule has 110 valence electrons. The van der Waals surface area contributed by atoms with Crippen molar-refractivity contribution in [2.24, 2.45) is 5.92 Å². The summed E-state index contributed by atoms with van der Waals surface area (Å²) in [5, 5.41) is 9.01. The van der Waals surface area contributed by atoms with Crippen molar-refractivity contribution in [2.75, 3.05) is 18.5 Å². The zero-order valence-electron chi connectivity index (χ0n) is 12.4. The second-order valence-electron chi connectivity index (χ2n) is 5.19. The summed E-state index contributed by atoms with van der Waals surface area (Å²) in [7, 11) is 1.70.